The van der Waals surface area contributed by atoms with E-state index in [1.54, 1.807) is 26.0 Å². The molecule has 1 fully saturated rings. The third kappa shape index (κ3) is 10.1. The Balaban J connectivity index is 2.04. The van der Waals surface area contributed by atoms with Crippen LogP contribution in [0.4, 0.5) is 0 Å². The number of amides is 6. The lowest BCUT2D eigenvalue weighted by atomic mass is 10.0. The molecule has 0 aromatic heterocycles. The summed E-state index contributed by atoms with van der Waals surface area (Å²) in [5, 5.41) is 28.3. The Kier molecular flexibility index (Phi) is 12.2. The number of carboxylic acids is 1. The highest BCUT2D eigenvalue weighted by Crippen LogP contribution is 2.20. The lowest BCUT2D eigenvalue weighted by molar-refractivity contribution is -0.142. The van der Waals surface area contributed by atoms with Gasteiger partial charge >= 0.3 is 5.97 Å². The topological polar surface area (TPSA) is 237 Å². The zero-order valence-corrected chi connectivity index (χ0v) is 23.7. The smallest absolute Gasteiger partial charge is 0.305 e. The van der Waals surface area contributed by atoms with Crippen LogP contribution in [0, 0.1) is 5.92 Å². The van der Waals surface area contributed by atoms with E-state index in [1.807, 2.05) is 0 Å². The number of nitrogens with zero attached hydrogens (tertiary/aromatic N) is 1. The molecule has 0 radical (unpaired) electrons. The first kappa shape index (κ1) is 33.5. The predicted octanol–water partition coefficient (Wildman–Crippen LogP) is -1.87. The molecule has 1 aromatic rings. The lowest BCUT2D eigenvalue weighted by Gasteiger charge is -2.28. The minimum atomic E-state index is -1.55. The largest absolute Gasteiger partial charge is 0.508 e. The fourth-order valence-electron chi connectivity index (χ4n) is 4.55. The van der Waals surface area contributed by atoms with E-state index in [0.717, 1.165) is 0 Å². The number of carbonyl (C=O) groups excluding carboxylic acids is 6. The van der Waals surface area contributed by atoms with E-state index in [0.29, 0.717) is 18.4 Å². The summed E-state index contributed by atoms with van der Waals surface area (Å²) in [5.41, 5.74) is 5.96. The molecule has 0 spiro atoms. The van der Waals surface area contributed by atoms with Crippen LogP contribution in [0.2, 0.25) is 0 Å². The fraction of sp³-hybridized carbons (Fsp3) is 0.519. The van der Waals surface area contributed by atoms with Gasteiger partial charge in [-0.15, -0.1) is 0 Å². The van der Waals surface area contributed by atoms with Crippen molar-refractivity contribution in [3.63, 3.8) is 0 Å². The van der Waals surface area contributed by atoms with Crippen LogP contribution in [0.3, 0.4) is 0 Å². The molecule has 1 aliphatic rings. The molecule has 15 nitrogen and oxygen atoms in total. The number of phenols is 1. The standard InChI is InChI=1S/C27H38N6O9/c1-14(2)23(24(28)39)32-25(40)18(12-22(37)38)31-21(36)13-29-26(41)20-5-4-10-33(20)27(42)19(30-15(3)34)11-16-6-8-17(35)9-7-16/h6-9,14,18-20,23,35H,4-5,10-13H2,1-3H3,(H2,28,39)(H,29,41)(H,30,34)(H,31,36)(H,32,40)(H,37,38)/t18-,19-,20-,23-/m0/s1. The summed E-state index contributed by atoms with van der Waals surface area (Å²) < 4.78 is 0. The normalized spacial score (nSPS) is 16.6. The summed E-state index contributed by atoms with van der Waals surface area (Å²) in [5.74, 6) is -5.95. The number of aliphatic carboxylic acids is 1. The van der Waals surface area contributed by atoms with Crippen molar-refractivity contribution in [2.45, 2.75) is 70.6 Å². The second-order valence-corrected chi connectivity index (χ2v) is 10.4. The summed E-state index contributed by atoms with van der Waals surface area (Å²) in [6.45, 7) is 4.13. The molecule has 8 N–H and O–H groups in total. The van der Waals surface area contributed by atoms with Crippen molar-refractivity contribution < 1.29 is 43.8 Å². The number of hydrogen-bond acceptors (Lipinski definition) is 8. The van der Waals surface area contributed by atoms with Crippen LogP contribution in [0.5, 0.6) is 5.75 Å². The molecule has 230 valence electrons. The van der Waals surface area contributed by atoms with Gasteiger partial charge in [0.25, 0.3) is 0 Å². The summed E-state index contributed by atoms with van der Waals surface area (Å²) in [4.78, 5) is 87.5. The zero-order chi connectivity index (χ0) is 31.6. The van der Waals surface area contributed by atoms with Gasteiger partial charge in [0.1, 0.15) is 29.9 Å². The number of aromatic hydroxyl groups is 1. The zero-order valence-electron chi connectivity index (χ0n) is 23.7. The van der Waals surface area contributed by atoms with Gasteiger partial charge in [-0.3, -0.25) is 33.6 Å². The van der Waals surface area contributed by atoms with Crippen molar-refractivity contribution in [2.75, 3.05) is 13.1 Å². The van der Waals surface area contributed by atoms with Crippen molar-refractivity contribution >= 4 is 41.4 Å². The van der Waals surface area contributed by atoms with Gasteiger partial charge in [-0.1, -0.05) is 26.0 Å². The Labute approximate surface area is 242 Å². The van der Waals surface area contributed by atoms with Crippen molar-refractivity contribution in [2.24, 2.45) is 11.7 Å². The third-order valence-electron chi connectivity index (χ3n) is 6.61. The average molecular weight is 591 g/mol. The first-order valence-corrected chi connectivity index (χ1v) is 13.4. The van der Waals surface area contributed by atoms with E-state index in [1.165, 1.54) is 24.0 Å². The number of nitrogens with two attached hydrogens (primary N) is 1. The number of rotatable bonds is 14. The summed E-state index contributed by atoms with van der Waals surface area (Å²) in [6, 6.07) is 1.58. The molecule has 0 aliphatic carbocycles. The highest BCUT2D eigenvalue weighted by molar-refractivity contribution is 5.96. The van der Waals surface area contributed by atoms with E-state index >= 15 is 0 Å². The molecule has 6 amide bonds. The molecule has 0 unspecified atom stereocenters. The van der Waals surface area contributed by atoms with Gasteiger partial charge in [0.15, 0.2) is 0 Å². The van der Waals surface area contributed by atoms with Crippen molar-refractivity contribution in [3.8, 4) is 5.75 Å². The molecule has 1 heterocycles. The molecule has 1 aliphatic heterocycles. The molecule has 0 bridgehead atoms. The molecule has 42 heavy (non-hydrogen) atoms. The van der Waals surface area contributed by atoms with E-state index in [4.69, 9.17) is 5.73 Å². The van der Waals surface area contributed by atoms with Crippen LogP contribution in [-0.2, 0) is 40.0 Å². The number of carbonyl (C=O) groups is 7. The SMILES string of the molecule is CC(=O)N[C@@H](Cc1ccc(O)cc1)C(=O)N1CCC[C@H]1C(=O)NCC(=O)N[C@@H](CC(=O)O)C(=O)N[C@H](C(N)=O)C(C)C. The van der Waals surface area contributed by atoms with Gasteiger partial charge in [-0.25, -0.2) is 0 Å². The maximum Gasteiger partial charge on any atom is 0.305 e. The molecule has 0 saturated carbocycles. The minimum Gasteiger partial charge on any atom is -0.508 e. The van der Waals surface area contributed by atoms with Gasteiger partial charge in [-0.2, -0.15) is 0 Å². The molecular weight excluding hydrogens is 552 g/mol. The van der Waals surface area contributed by atoms with E-state index in [9.17, 15) is 43.8 Å². The van der Waals surface area contributed by atoms with Crippen molar-refractivity contribution in [1.82, 2.24) is 26.2 Å². The number of likely N-dealkylation sites (tertiary alicyclic amines) is 1. The fourth-order valence-corrected chi connectivity index (χ4v) is 4.55. The van der Waals surface area contributed by atoms with Crippen molar-refractivity contribution in [1.29, 1.82) is 0 Å². The van der Waals surface area contributed by atoms with Gasteiger partial charge in [-0.05, 0) is 36.5 Å². The van der Waals surface area contributed by atoms with Crippen molar-refractivity contribution in [3.05, 3.63) is 29.8 Å². The molecule has 1 saturated heterocycles. The van der Waals surface area contributed by atoms with E-state index in [2.05, 4.69) is 21.3 Å². The number of benzene rings is 1. The highest BCUT2D eigenvalue weighted by Gasteiger charge is 2.38. The molecular formula is C27H38N6O9. The number of carboxylic acid groups (broad SMARTS) is 1. The van der Waals surface area contributed by atoms with Gasteiger partial charge in [0, 0.05) is 19.9 Å². The number of hydrogen-bond donors (Lipinski definition) is 7. The van der Waals surface area contributed by atoms with Gasteiger partial charge in [0.05, 0.1) is 13.0 Å². The summed E-state index contributed by atoms with van der Waals surface area (Å²) in [6.07, 6.45) is 0.136. The number of primary amides is 1. The Morgan fingerprint density at radius 1 is 1.00 bits per heavy atom. The van der Waals surface area contributed by atoms with Crippen LogP contribution < -0.4 is 27.0 Å². The maximum atomic E-state index is 13.4. The monoisotopic (exact) mass is 590 g/mol. The molecule has 15 heteroatoms. The predicted molar refractivity (Wildman–Crippen MR) is 147 cm³/mol. The Morgan fingerprint density at radius 3 is 2.19 bits per heavy atom. The minimum absolute atomic E-state index is 0.0433. The first-order chi connectivity index (χ1) is 19.7. The molecule has 1 aromatic carbocycles. The van der Waals surface area contributed by atoms with Gasteiger partial charge < -0.3 is 42.1 Å². The Morgan fingerprint density at radius 2 is 1.64 bits per heavy atom. The van der Waals surface area contributed by atoms with Gasteiger partial charge in [0.2, 0.25) is 35.4 Å². The average Bonchev–Trinajstić information content (AvgIpc) is 3.39. The summed E-state index contributed by atoms with van der Waals surface area (Å²) in [7, 11) is 0. The number of nitrogens with one attached hydrogen (secondary N) is 4. The lowest BCUT2D eigenvalue weighted by Crippen LogP contribution is -2.57. The Bertz CT molecular complexity index is 1190. The third-order valence-corrected chi connectivity index (χ3v) is 6.61. The molecule has 2 rings (SSSR count). The van der Waals surface area contributed by atoms with Crippen LogP contribution in [0.15, 0.2) is 24.3 Å². The molecule has 4 atom stereocenters. The van der Waals surface area contributed by atoms with Crippen LogP contribution >= 0.6 is 0 Å². The second kappa shape index (κ2) is 15.3. The van der Waals surface area contributed by atoms with Crippen LogP contribution in [0.1, 0.15) is 45.6 Å². The quantitative estimate of drug-likeness (QED) is 0.128. The Hall–Kier alpha value is -4.69. The van der Waals surface area contributed by atoms with Crippen LogP contribution in [0.25, 0.3) is 0 Å². The van der Waals surface area contributed by atoms with E-state index < -0.39 is 84.5 Å². The summed E-state index contributed by atoms with van der Waals surface area (Å²) >= 11 is 0. The van der Waals surface area contributed by atoms with Crippen LogP contribution in [-0.4, -0.2) is 93.8 Å². The highest BCUT2D eigenvalue weighted by atomic mass is 16.4. The first-order valence-electron chi connectivity index (χ1n) is 13.4. The maximum absolute atomic E-state index is 13.4. The van der Waals surface area contributed by atoms with E-state index in [-0.39, 0.29) is 18.7 Å². The number of phenolic OH excluding ortho intramolecular Hbond substituents is 1. The second-order valence-electron chi connectivity index (χ2n) is 10.4.